The van der Waals surface area contributed by atoms with E-state index in [4.69, 9.17) is 4.74 Å². The van der Waals surface area contributed by atoms with Crippen LogP contribution in [0, 0.1) is 0 Å². The lowest BCUT2D eigenvalue weighted by Gasteiger charge is -2.30. The summed E-state index contributed by atoms with van der Waals surface area (Å²) in [6.45, 7) is -0.310. The molecule has 2 fully saturated rings. The largest absolute Gasteiger partial charge is 0.481 e. The number of carbonyl (C=O) groups is 3. The lowest BCUT2D eigenvalue weighted by Crippen LogP contribution is -2.49. The molecule has 3 heterocycles. The maximum Gasteiger partial charge on any atom is 0.325 e. The molecular formula is C22H26N4O4S. The second-order valence-corrected chi connectivity index (χ2v) is 8.80. The number of carbonyl (C=O) groups excluding carboxylic acids is 3. The van der Waals surface area contributed by atoms with Crippen molar-refractivity contribution in [3.8, 4) is 5.88 Å². The van der Waals surface area contributed by atoms with Crippen LogP contribution in [0.4, 0.5) is 4.79 Å². The SMILES string of the molecule is COc1ncccc1C(Cc1ccsc1)NC(=O)CN1C(=O)NC2(CCCCC2)C1=O. The van der Waals surface area contributed by atoms with Crippen molar-refractivity contribution in [1.29, 1.82) is 0 Å². The number of aromatic nitrogens is 1. The minimum absolute atomic E-state index is 0.291. The van der Waals surface area contributed by atoms with E-state index >= 15 is 0 Å². The number of nitrogens with one attached hydrogen (secondary N) is 2. The lowest BCUT2D eigenvalue weighted by molar-refractivity contribution is -0.136. The molecule has 1 aliphatic carbocycles. The van der Waals surface area contributed by atoms with Crippen LogP contribution in [-0.4, -0.2) is 46.9 Å². The third-order valence-corrected chi connectivity index (χ3v) is 6.71. The third kappa shape index (κ3) is 4.41. The van der Waals surface area contributed by atoms with Gasteiger partial charge in [0.2, 0.25) is 11.8 Å². The van der Waals surface area contributed by atoms with Gasteiger partial charge in [0.05, 0.1) is 13.2 Å². The summed E-state index contributed by atoms with van der Waals surface area (Å²) < 4.78 is 5.38. The van der Waals surface area contributed by atoms with Crippen molar-refractivity contribution in [1.82, 2.24) is 20.5 Å². The third-order valence-electron chi connectivity index (χ3n) is 5.98. The maximum absolute atomic E-state index is 13.0. The predicted molar refractivity (Wildman–Crippen MR) is 116 cm³/mol. The van der Waals surface area contributed by atoms with Crippen LogP contribution < -0.4 is 15.4 Å². The molecule has 164 valence electrons. The van der Waals surface area contributed by atoms with Crippen LogP contribution in [0.25, 0.3) is 0 Å². The smallest absolute Gasteiger partial charge is 0.325 e. The zero-order valence-corrected chi connectivity index (χ0v) is 18.2. The predicted octanol–water partition coefficient (Wildman–Crippen LogP) is 2.81. The Morgan fingerprint density at radius 1 is 1.32 bits per heavy atom. The molecule has 2 aromatic heterocycles. The summed E-state index contributed by atoms with van der Waals surface area (Å²) in [5.41, 5.74) is 0.973. The van der Waals surface area contributed by atoms with E-state index in [1.807, 2.05) is 22.9 Å². The highest BCUT2D eigenvalue weighted by Crippen LogP contribution is 2.33. The Labute approximate surface area is 185 Å². The van der Waals surface area contributed by atoms with Crippen molar-refractivity contribution in [3.05, 3.63) is 46.3 Å². The number of amides is 4. The quantitative estimate of drug-likeness (QED) is 0.642. The topological polar surface area (TPSA) is 101 Å². The Hall–Kier alpha value is -2.94. The molecule has 1 atom stereocenters. The van der Waals surface area contributed by atoms with Gasteiger partial charge in [0.25, 0.3) is 5.91 Å². The fourth-order valence-corrected chi connectivity index (χ4v) is 5.10. The number of hydrogen-bond donors (Lipinski definition) is 2. The number of thiophene rings is 1. The van der Waals surface area contributed by atoms with E-state index in [1.165, 1.54) is 7.11 Å². The molecule has 2 aliphatic rings. The van der Waals surface area contributed by atoms with Gasteiger partial charge < -0.3 is 15.4 Å². The van der Waals surface area contributed by atoms with Crippen LogP contribution in [0.2, 0.25) is 0 Å². The molecule has 0 radical (unpaired) electrons. The number of imide groups is 1. The van der Waals surface area contributed by atoms with E-state index in [1.54, 1.807) is 23.6 Å². The molecule has 1 saturated carbocycles. The Morgan fingerprint density at radius 2 is 2.13 bits per heavy atom. The van der Waals surface area contributed by atoms with Crippen molar-refractivity contribution < 1.29 is 19.1 Å². The van der Waals surface area contributed by atoms with Crippen LogP contribution in [0.5, 0.6) is 5.88 Å². The molecule has 2 N–H and O–H groups in total. The van der Waals surface area contributed by atoms with Crippen molar-refractivity contribution >= 4 is 29.2 Å². The number of rotatable bonds is 7. The highest BCUT2D eigenvalue weighted by atomic mass is 32.1. The van der Waals surface area contributed by atoms with Gasteiger partial charge in [0.15, 0.2) is 0 Å². The van der Waals surface area contributed by atoms with Gasteiger partial charge >= 0.3 is 6.03 Å². The van der Waals surface area contributed by atoms with Crippen molar-refractivity contribution in [2.45, 2.75) is 50.1 Å². The summed E-state index contributed by atoms with van der Waals surface area (Å²) in [5.74, 6) is -0.262. The Bertz CT molecular complexity index is 956. The van der Waals surface area contributed by atoms with E-state index in [-0.39, 0.29) is 12.5 Å². The fraction of sp³-hybridized carbons (Fsp3) is 0.455. The molecule has 4 amide bonds. The van der Waals surface area contributed by atoms with Gasteiger partial charge in [-0.05, 0) is 47.7 Å². The van der Waals surface area contributed by atoms with Crippen LogP contribution in [0.15, 0.2) is 35.2 Å². The molecule has 2 aromatic rings. The molecule has 0 bridgehead atoms. The second-order valence-electron chi connectivity index (χ2n) is 8.02. The van der Waals surface area contributed by atoms with Crippen LogP contribution in [-0.2, 0) is 16.0 Å². The summed E-state index contributed by atoms with van der Waals surface area (Å²) >= 11 is 1.58. The highest BCUT2D eigenvalue weighted by Gasteiger charge is 2.51. The van der Waals surface area contributed by atoms with E-state index < -0.39 is 23.5 Å². The van der Waals surface area contributed by atoms with E-state index in [9.17, 15) is 14.4 Å². The number of pyridine rings is 1. The first kappa shape index (κ1) is 21.3. The van der Waals surface area contributed by atoms with Gasteiger partial charge in [-0.2, -0.15) is 11.3 Å². The van der Waals surface area contributed by atoms with Gasteiger partial charge in [-0.15, -0.1) is 0 Å². The fourth-order valence-electron chi connectivity index (χ4n) is 4.42. The average molecular weight is 443 g/mol. The Morgan fingerprint density at radius 3 is 2.84 bits per heavy atom. The number of hydrogen-bond acceptors (Lipinski definition) is 6. The number of ether oxygens (including phenoxy) is 1. The Balaban J connectivity index is 1.50. The lowest BCUT2D eigenvalue weighted by atomic mass is 9.82. The number of urea groups is 1. The number of nitrogens with zero attached hydrogens (tertiary/aromatic N) is 2. The van der Waals surface area contributed by atoms with E-state index in [0.29, 0.717) is 25.1 Å². The Kier molecular flexibility index (Phi) is 6.22. The molecule has 1 saturated heterocycles. The molecule has 9 heteroatoms. The van der Waals surface area contributed by atoms with Crippen molar-refractivity contribution in [2.75, 3.05) is 13.7 Å². The normalized spacial score (nSPS) is 18.7. The summed E-state index contributed by atoms with van der Waals surface area (Å²) in [6.07, 6.45) is 6.28. The summed E-state index contributed by atoms with van der Waals surface area (Å²) in [4.78, 5) is 43.7. The first-order valence-electron chi connectivity index (χ1n) is 10.5. The standard InChI is InChI=1S/C22H26N4O4S/c1-30-19-16(6-5-10-23-19)17(12-15-7-11-31-14-15)24-18(27)13-26-20(28)22(25-21(26)29)8-3-2-4-9-22/h5-7,10-11,14,17H,2-4,8-9,12-13H2,1H3,(H,24,27)(H,25,29). The van der Waals surface area contributed by atoms with E-state index in [0.717, 1.165) is 35.3 Å². The molecule has 4 rings (SSSR count). The molecular weight excluding hydrogens is 416 g/mol. The number of methoxy groups -OCH3 is 1. The van der Waals surface area contributed by atoms with Gasteiger partial charge in [0, 0.05) is 11.8 Å². The maximum atomic E-state index is 13.0. The molecule has 1 spiro atoms. The molecule has 1 unspecified atom stereocenters. The molecule has 0 aromatic carbocycles. The van der Waals surface area contributed by atoms with Gasteiger partial charge in [-0.1, -0.05) is 25.3 Å². The minimum atomic E-state index is -0.835. The van der Waals surface area contributed by atoms with Crippen molar-refractivity contribution in [2.24, 2.45) is 0 Å². The second kappa shape index (κ2) is 9.05. The molecule has 1 aliphatic heterocycles. The zero-order chi connectivity index (χ0) is 21.8. The summed E-state index contributed by atoms with van der Waals surface area (Å²) in [7, 11) is 1.53. The van der Waals surface area contributed by atoms with E-state index in [2.05, 4.69) is 15.6 Å². The first-order chi connectivity index (χ1) is 15.0. The summed E-state index contributed by atoms with van der Waals surface area (Å²) in [6, 6.07) is 4.74. The van der Waals surface area contributed by atoms with Crippen LogP contribution >= 0.6 is 11.3 Å². The highest BCUT2D eigenvalue weighted by molar-refractivity contribution is 7.07. The van der Waals surface area contributed by atoms with Gasteiger partial charge in [-0.3, -0.25) is 14.5 Å². The minimum Gasteiger partial charge on any atom is -0.481 e. The molecule has 8 nitrogen and oxygen atoms in total. The average Bonchev–Trinajstić information content (AvgIpc) is 3.36. The summed E-state index contributed by atoms with van der Waals surface area (Å²) in [5, 5.41) is 9.82. The van der Waals surface area contributed by atoms with Crippen molar-refractivity contribution in [3.63, 3.8) is 0 Å². The van der Waals surface area contributed by atoms with Gasteiger partial charge in [0.1, 0.15) is 12.1 Å². The van der Waals surface area contributed by atoms with Crippen LogP contribution in [0.1, 0.15) is 49.3 Å². The zero-order valence-electron chi connectivity index (χ0n) is 17.4. The van der Waals surface area contributed by atoms with Gasteiger partial charge in [-0.25, -0.2) is 9.78 Å². The first-order valence-corrected chi connectivity index (χ1v) is 11.4. The molecule has 31 heavy (non-hydrogen) atoms. The van der Waals surface area contributed by atoms with Crippen LogP contribution in [0.3, 0.4) is 0 Å². The monoisotopic (exact) mass is 442 g/mol.